The second-order valence-corrected chi connectivity index (χ2v) is 4.73. The van der Waals surface area contributed by atoms with Gasteiger partial charge >= 0.3 is 0 Å². The average Bonchev–Trinajstić information content (AvgIpc) is 2.82. The summed E-state index contributed by atoms with van der Waals surface area (Å²) in [6, 6.07) is 9.36. The van der Waals surface area contributed by atoms with Gasteiger partial charge in [-0.3, -0.25) is 9.69 Å². The molecule has 1 aliphatic heterocycles. The second kappa shape index (κ2) is 5.04. The number of amides is 1. The number of hydrogen-bond donors (Lipinski definition) is 1. The Balaban J connectivity index is 2.26. The molecule has 1 heterocycles. The number of phenols is 1. The molecule has 2 aromatic rings. The van der Waals surface area contributed by atoms with Crippen molar-refractivity contribution in [2.45, 2.75) is 6.04 Å². The van der Waals surface area contributed by atoms with Crippen molar-refractivity contribution >= 4 is 11.6 Å². The summed E-state index contributed by atoms with van der Waals surface area (Å²) in [5.41, 5.74) is 0.129. The number of phenolic OH excluding ortho intramolecular Hbond substituents is 1. The molecule has 22 heavy (non-hydrogen) atoms. The Labute approximate surface area is 125 Å². The van der Waals surface area contributed by atoms with Gasteiger partial charge < -0.3 is 9.84 Å². The maximum Gasteiger partial charge on any atom is 0.264 e. The first-order valence-corrected chi connectivity index (χ1v) is 6.47. The maximum absolute atomic E-state index is 14.2. The van der Waals surface area contributed by atoms with Crippen molar-refractivity contribution < 1.29 is 19.0 Å². The number of nitrogens with zero attached hydrogens (tertiary/aromatic N) is 2. The van der Waals surface area contributed by atoms with Crippen LogP contribution in [0.15, 0.2) is 36.4 Å². The minimum Gasteiger partial charge on any atom is -0.506 e. The first-order chi connectivity index (χ1) is 10.6. The molecule has 1 unspecified atom stereocenters. The number of rotatable bonds is 2. The predicted octanol–water partition coefficient (Wildman–Crippen LogP) is 2.76. The van der Waals surface area contributed by atoms with Gasteiger partial charge in [0.25, 0.3) is 5.91 Å². The Kier molecular flexibility index (Phi) is 3.18. The van der Waals surface area contributed by atoms with E-state index in [9.17, 15) is 19.6 Å². The molecular formula is C16H11FN2O3. The van der Waals surface area contributed by atoms with Crippen LogP contribution in [0.4, 0.5) is 10.1 Å². The Hall–Kier alpha value is -3.07. The second-order valence-electron chi connectivity index (χ2n) is 4.73. The van der Waals surface area contributed by atoms with Crippen LogP contribution >= 0.6 is 0 Å². The lowest BCUT2D eigenvalue weighted by Crippen LogP contribution is -2.27. The maximum atomic E-state index is 14.2. The zero-order valence-corrected chi connectivity index (χ0v) is 11.6. The van der Waals surface area contributed by atoms with Gasteiger partial charge in [0.05, 0.1) is 24.4 Å². The monoisotopic (exact) mass is 298 g/mol. The average molecular weight is 298 g/mol. The van der Waals surface area contributed by atoms with Gasteiger partial charge in [-0.1, -0.05) is 12.1 Å². The normalized spacial score (nSPS) is 16.3. The quantitative estimate of drug-likeness (QED) is 0.925. The molecule has 0 aliphatic carbocycles. The van der Waals surface area contributed by atoms with Crippen molar-refractivity contribution in [3.05, 3.63) is 53.3 Å². The van der Waals surface area contributed by atoms with E-state index in [1.807, 2.05) is 6.07 Å². The number of carbonyl (C=O) groups excluding carboxylic acids is 1. The molecule has 0 saturated heterocycles. The highest BCUT2D eigenvalue weighted by Crippen LogP contribution is 2.44. The zero-order chi connectivity index (χ0) is 15.9. The van der Waals surface area contributed by atoms with Gasteiger partial charge in [-0.25, -0.2) is 4.39 Å². The topological polar surface area (TPSA) is 73.6 Å². The molecule has 6 heteroatoms. The van der Waals surface area contributed by atoms with Crippen LogP contribution < -0.4 is 9.64 Å². The third kappa shape index (κ3) is 1.79. The largest absolute Gasteiger partial charge is 0.506 e. The molecule has 2 aromatic carbocycles. The summed E-state index contributed by atoms with van der Waals surface area (Å²) in [5, 5.41) is 19.4. The molecule has 1 atom stereocenters. The molecule has 0 bridgehead atoms. The molecule has 1 amide bonds. The van der Waals surface area contributed by atoms with Gasteiger partial charge in [0, 0.05) is 5.56 Å². The number of ether oxygens (including phenoxy) is 1. The highest BCUT2D eigenvalue weighted by atomic mass is 19.1. The van der Waals surface area contributed by atoms with E-state index in [-0.39, 0.29) is 28.3 Å². The molecular weight excluding hydrogens is 287 g/mol. The van der Waals surface area contributed by atoms with E-state index < -0.39 is 17.8 Å². The molecule has 5 nitrogen and oxygen atoms in total. The highest BCUT2D eigenvalue weighted by molar-refractivity contribution is 6.14. The van der Waals surface area contributed by atoms with E-state index >= 15 is 0 Å². The molecule has 0 fully saturated rings. The first kappa shape index (κ1) is 13.9. The lowest BCUT2D eigenvalue weighted by molar-refractivity contribution is 0.0991. The lowest BCUT2D eigenvalue weighted by atomic mass is 10.0. The Morgan fingerprint density at radius 1 is 1.32 bits per heavy atom. The SMILES string of the molecule is COc1ccc(F)c2c1C(=O)N(c1ccccc1O)C2C#N. The van der Waals surface area contributed by atoms with Crippen LogP contribution in [0.5, 0.6) is 11.5 Å². The number of halogens is 1. The van der Waals surface area contributed by atoms with Crippen LogP contribution in [-0.4, -0.2) is 18.1 Å². The van der Waals surface area contributed by atoms with Crippen molar-refractivity contribution in [1.29, 1.82) is 5.26 Å². The number of anilines is 1. The zero-order valence-electron chi connectivity index (χ0n) is 11.6. The van der Waals surface area contributed by atoms with Gasteiger partial charge in [-0.15, -0.1) is 0 Å². The Morgan fingerprint density at radius 3 is 2.68 bits per heavy atom. The molecule has 110 valence electrons. The van der Waals surface area contributed by atoms with Crippen LogP contribution in [0.25, 0.3) is 0 Å². The number of methoxy groups -OCH3 is 1. The molecule has 1 aliphatic rings. The molecule has 0 radical (unpaired) electrons. The van der Waals surface area contributed by atoms with E-state index in [1.54, 1.807) is 12.1 Å². The molecule has 0 saturated carbocycles. The smallest absolute Gasteiger partial charge is 0.264 e. The third-order valence-corrected chi connectivity index (χ3v) is 3.60. The molecule has 0 spiro atoms. The number of para-hydroxylation sites is 2. The summed E-state index contributed by atoms with van der Waals surface area (Å²) < 4.78 is 19.3. The van der Waals surface area contributed by atoms with Crippen molar-refractivity contribution in [1.82, 2.24) is 0 Å². The van der Waals surface area contributed by atoms with Crippen LogP contribution in [-0.2, 0) is 0 Å². The highest BCUT2D eigenvalue weighted by Gasteiger charge is 2.43. The Bertz CT molecular complexity index is 814. The minimum atomic E-state index is -1.16. The van der Waals surface area contributed by atoms with E-state index in [1.165, 1.54) is 25.3 Å². The third-order valence-electron chi connectivity index (χ3n) is 3.60. The number of hydrogen-bond acceptors (Lipinski definition) is 4. The number of benzene rings is 2. The van der Waals surface area contributed by atoms with Gasteiger partial charge in [0.2, 0.25) is 0 Å². The number of aromatic hydroxyl groups is 1. The summed E-state index contributed by atoms with van der Waals surface area (Å²) in [6.45, 7) is 0. The first-order valence-electron chi connectivity index (χ1n) is 6.47. The molecule has 0 aromatic heterocycles. The van der Waals surface area contributed by atoms with E-state index in [4.69, 9.17) is 4.74 Å². The lowest BCUT2D eigenvalue weighted by Gasteiger charge is -2.21. The minimum absolute atomic E-state index is 0.0114. The Morgan fingerprint density at radius 2 is 2.05 bits per heavy atom. The summed E-state index contributed by atoms with van der Waals surface area (Å²) >= 11 is 0. The fourth-order valence-electron chi connectivity index (χ4n) is 2.64. The van der Waals surface area contributed by atoms with Crippen LogP contribution in [0, 0.1) is 17.1 Å². The van der Waals surface area contributed by atoms with Crippen LogP contribution in [0.1, 0.15) is 22.0 Å². The summed E-state index contributed by atoms with van der Waals surface area (Å²) in [5.74, 6) is -1.21. The van der Waals surface area contributed by atoms with E-state index in [2.05, 4.69) is 0 Å². The fraction of sp³-hybridized carbons (Fsp3) is 0.125. The summed E-state index contributed by atoms with van der Waals surface area (Å²) in [6.07, 6.45) is 0. The van der Waals surface area contributed by atoms with Crippen LogP contribution in [0.3, 0.4) is 0 Å². The number of nitriles is 1. The summed E-state index contributed by atoms with van der Waals surface area (Å²) in [7, 11) is 1.37. The van der Waals surface area contributed by atoms with Gasteiger partial charge in [-0.2, -0.15) is 5.26 Å². The van der Waals surface area contributed by atoms with Gasteiger partial charge in [-0.05, 0) is 24.3 Å². The standard InChI is InChI=1S/C16H11FN2O3/c1-22-13-7-6-9(17)14-11(8-18)19(16(21)15(13)14)10-4-2-3-5-12(10)20/h2-7,11,20H,1H3. The van der Waals surface area contributed by atoms with E-state index in [0.717, 1.165) is 11.0 Å². The van der Waals surface area contributed by atoms with Crippen molar-refractivity contribution in [2.75, 3.05) is 12.0 Å². The van der Waals surface area contributed by atoms with E-state index in [0.29, 0.717) is 0 Å². The fourth-order valence-corrected chi connectivity index (χ4v) is 2.64. The number of fused-ring (bicyclic) bond motifs is 1. The molecule has 1 N–H and O–H groups in total. The van der Waals surface area contributed by atoms with Crippen molar-refractivity contribution in [2.24, 2.45) is 0 Å². The van der Waals surface area contributed by atoms with Crippen molar-refractivity contribution in [3.63, 3.8) is 0 Å². The van der Waals surface area contributed by atoms with Gasteiger partial charge in [0.1, 0.15) is 17.3 Å². The number of carbonyl (C=O) groups is 1. The summed E-state index contributed by atoms with van der Waals surface area (Å²) in [4.78, 5) is 13.7. The van der Waals surface area contributed by atoms with Crippen molar-refractivity contribution in [3.8, 4) is 17.6 Å². The molecule has 3 rings (SSSR count). The van der Waals surface area contributed by atoms with Crippen LogP contribution in [0.2, 0.25) is 0 Å². The van der Waals surface area contributed by atoms with Gasteiger partial charge in [0.15, 0.2) is 6.04 Å². The predicted molar refractivity (Wildman–Crippen MR) is 76.2 cm³/mol.